The van der Waals surface area contributed by atoms with Gasteiger partial charge in [0.15, 0.2) is 0 Å². The van der Waals surface area contributed by atoms with E-state index < -0.39 is 0 Å². The molecule has 1 aromatic carbocycles. The summed E-state index contributed by atoms with van der Waals surface area (Å²) in [4.78, 5) is 0. The molecule has 1 rings (SSSR count). The van der Waals surface area contributed by atoms with E-state index >= 15 is 0 Å². The van der Waals surface area contributed by atoms with Crippen molar-refractivity contribution in [3.8, 4) is 0 Å². The van der Waals surface area contributed by atoms with Gasteiger partial charge in [0.05, 0.1) is 6.10 Å². The van der Waals surface area contributed by atoms with Gasteiger partial charge in [-0.05, 0) is 24.8 Å². The van der Waals surface area contributed by atoms with Gasteiger partial charge in [0.25, 0.3) is 0 Å². The Morgan fingerprint density at radius 1 is 1.36 bits per heavy atom. The zero-order valence-corrected chi connectivity index (χ0v) is 8.74. The third-order valence-corrected chi connectivity index (χ3v) is 2.46. The van der Waals surface area contributed by atoms with Crippen LogP contribution in [0.3, 0.4) is 0 Å². The van der Waals surface area contributed by atoms with Crippen molar-refractivity contribution in [1.82, 2.24) is 0 Å². The molecule has 0 amide bonds. The number of allylic oxidation sites excluding steroid dienone is 1. The summed E-state index contributed by atoms with van der Waals surface area (Å²) >= 11 is 0. The first-order chi connectivity index (χ1) is 6.74. The van der Waals surface area contributed by atoms with Crippen LogP contribution in [0.2, 0.25) is 0 Å². The number of aliphatic hydroxyl groups excluding tert-OH is 1. The minimum absolute atomic E-state index is 0.348. The van der Waals surface area contributed by atoms with Gasteiger partial charge < -0.3 is 5.11 Å². The van der Waals surface area contributed by atoms with E-state index in [0.29, 0.717) is 0 Å². The predicted octanol–water partition coefficient (Wildman–Crippen LogP) is 3.47. The lowest BCUT2D eigenvalue weighted by Crippen LogP contribution is -1.97. The van der Waals surface area contributed by atoms with Crippen LogP contribution in [0.5, 0.6) is 0 Å². The highest BCUT2D eigenvalue weighted by molar-refractivity contribution is 5.17. The number of hydrogen-bond acceptors (Lipinski definition) is 1. The predicted molar refractivity (Wildman–Crippen MR) is 60.1 cm³/mol. The van der Waals surface area contributed by atoms with Crippen molar-refractivity contribution in [1.29, 1.82) is 0 Å². The fraction of sp³-hybridized carbons (Fsp3) is 0.385. The van der Waals surface area contributed by atoms with Crippen molar-refractivity contribution in [3.05, 3.63) is 48.0 Å². The van der Waals surface area contributed by atoms with Crippen LogP contribution >= 0.6 is 0 Å². The van der Waals surface area contributed by atoms with Gasteiger partial charge in [0.1, 0.15) is 0 Å². The van der Waals surface area contributed by atoms with Gasteiger partial charge in [0.2, 0.25) is 0 Å². The van der Waals surface area contributed by atoms with Crippen LogP contribution in [-0.2, 0) is 0 Å². The highest BCUT2D eigenvalue weighted by atomic mass is 16.3. The van der Waals surface area contributed by atoms with Crippen LogP contribution in [0.15, 0.2) is 42.5 Å². The van der Waals surface area contributed by atoms with Crippen molar-refractivity contribution in [2.75, 3.05) is 0 Å². The molecule has 0 spiro atoms. The molecule has 0 saturated carbocycles. The van der Waals surface area contributed by atoms with E-state index in [1.165, 1.54) is 5.57 Å². The molecule has 1 atom stereocenters. The summed E-state index contributed by atoms with van der Waals surface area (Å²) in [6, 6.07) is 9.78. The van der Waals surface area contributed by atoms with Gasteiger partial charge in [-0.1, -0.05) is 49.4 Å². The Morgan fingerprint density at radius 2 is 2.00 bits per heavy atom. The highest BCUT2D eigenvalue weighted by Crippen LogP contribution is 2.20. The van der Waals surface area contributed by atoms with Crippen LogP contribution < -0.4 is 0 Å². The van der Waals surface area contributed by atoms with Gasteiger partial charge >= 0.3 is 0 Å². The summed E-state index contributed by atoms with van der Waals surface area (Å²) < 4.78 is 0. The minimum atomic E-state index is -0.348. The van der Waals surface area contributed by atoms with Crippen molar-refractivity contribution in [3.63, 3.8) is 0 Å². The van der Waals surface area contributed by atoms with E-state index in [0.717, 1.165) is 24.8 Å². The molecule has 0 fully saturated rings. The van der Waals surface area contributed by atoms with Crippen LogP contribution in [0.4, 0.5) is 0 Å². The molecule has 76 valence electrons. The van der Waals surface area contributed by atoms with E-state index in [1.54, 1.807) is 0 Å². The second kappa shape index (κ2) is 5.61. The largest absolute Gasteiger partial charge is 0.388 e. The summed E-state index contributed by atoms with van der Waals surface area (Å²) in [5, 5.41) is 9.82. The topological polar surface area (TPSA) is 20.2 Å². The first-order valence-corrected chi connectivity index (χ1v) is 5.13. The van der Waals surface area contributed by atoms with E-state index in [1.807, 2.05) is 30.3 Å². The van der Waals surface area contributed by atoms with Crippen molar-refractivity contribution in [2.45, 2.75) is 32.3 Å². The summed E-state index contributed by atoms with van der Waals surface area (Å²) in [5.74, 6) is 0. The monoisotopic (exact) mass is 190 g/mol. The van der Waals surface area contributed by atoms with Crippen molar-refractivity contribution >= 4 is 0 Å². The van der Waals surface area contributed by atoms with Crippen LogP contribution in [0, 0.1) is 0 Å². The number of hydrogen-bond donors (Lipinski definition) is 1. The molecule has 1 nitrogen and oxygen atoms in total. The van der Waals surface area contributed by atoms with E-state index in [4.69, 9.17) is 0 Å². The number of aliphatic hydroxyl groups is 1. The molecule has 0 radical (unpaired) electrons. The third-order valence-electron chi connectivity index (χ3n) is 2.46. The second-order valence-corrected chi connectivity index (χ2v) is 3.57. The zero-order valence-electron chi connectivity index (χ0n) is 8.74. The quantitative estimate of drug-likeness (QED) is 0.705. The van der Waals surface area contributed by atoms with Crippen molar-refractivity contribution < 1.29 is 5.11 Å². The molecule has 0 heterocycles. The summed E-state index contributed by atoms with van der Waals surface area (Å²) in [5.41, 5.74) is 2.20. The maximum Gasteiger partial charge on any atom is 0.0793 e. The lowest BCUT2D eigenvalue weighted by molar-refractivity contribution is 0.167. The Bertz CT molecular complexity index is 277. The van der Waals surface area contributed by atoms with Gasteiger partial charge in [-0.3, -0.25) is 0 Å². The standard InChI is InChI=1S/C13H18O/c1-3-11(2)9-10-13(14)12-7-5-4-6-8-12/h4-8,13-14H,2-3,9-10H2,1H3. The molecule has 14 heavy (non-hydrogen) atoms. The van der Waals surface area contributed by atoms with E-state index in [-0.39, 0.29) is 6.10 Å². The van der Waals surface area contributed by atoms with Gasteiger partial charge in [-0.2, -0.15) is 0 Å². The molecule has 1 heteroatoms. The summed E-state index contributed by atoms with van der Waals surface area (Å²) in [6.45, 7) is 6.02. The molecular weight excluding hydrogens is 172 g/mol. The summed E-state index contributed by atoms with van der Waals surface area (Å²) in [7, 11) is 0. The highest BCUT2D eigenvalue weighted by Gasteiger charge is 2.06. The Hall–Kier alpha value is -1.08. The molecule has 1 aromatic rings. The minimum Gasteiger partial charge on any atom is -0.388 e. The molecule has 0 bridgehead atoms. The second-order valence-electron chi connectivity index (χ2n) is 3.57. The van der Waals surface area contributed by atoms with Crippen LogP contribution in [-0.4, -0.2) is 5.11 Å². The third kappa shape index (κ3) is 3.35. The fourth-order valence-electron chi connectivity index (χ4n) is 1.36. The smallest absolute Gasteiger partial charge is 0.0793 e. The SMILES string of the molecule is C=C(CC)CCC(O)c1ccccc1. The van der Waals surface area contributed by atoms with Crippen LogP contribution in [0.1, 0.15) is 37.9 Å². The summed E-state index contributed by atoms with van der Waals surface area (Å²) in [6.07, 6.45) is 2.34. The Morgan fingerprint density at radius 3 is 2.57 bits per heavy atom. The lowest BCUT2D eigenvalue weighted by Gasteiger charge is -2.10. The average molecular weight is 190 g/mol. The van der Waals surface area contributed by atoms with Crippen molar-refractivity contribution in [2.24, 2.45) is 0 Å². The zero-order chi connectivity index (χ0) is 10.4. The molecule has 0 saturated heterocycles. The molecule has 1 unspecified atom stereocenters. The molecule has 0 aromatic heterocycles. The molecule has 0 aliphatic rings. The fourth-order valence-corrected chi connectivity index (χ4v) is 1.36. The normalized spacial score (nSPS) is 12.4. The van der Waals surface area contributed by atoms with Crippen LogP contribution in [0.25, 0.3) is 0 Å². The Balaban J connectivity index is 2.43. The first kappa shape index (κ1) is 11.0. The number of rotatable bonds is 5. The average Bonchev–Trinajstić information content (AvgIpc) is 2.26. The molecule has 0 aliphatic heterocycles. The van der Waals surface area contributed by atoms with Gasteiger partial charge in [-0.15, -0.1) is 0 Å². The first-order valence-electron chi connectivity index (χ1n) is 5.13. The lowest BCUT2D eigenvalue weighted by atomic mass is 10.0. The molecule has 0 aliphatic carbocycles. The Kier molecular flexibility index (Phi) is 4.41. The molecular formula is C13H18O. The van der Waals surface area contributed by atoms with Gasteiger partial charge in [-0.25, -0.2) is 0 Å². The number of benzene rings is 1. The Labute approximate surface area is 86.1 Å². The van der Waals surface area contributed by atoms with Gasteiger partial charge in [0, 0.05) is 0 Å². The maximum atomic E-state index is 9.82. The maximum absolute atomic E-state index is 9.82. The van der Waals surface area contributed by atoms with E-state index in [2.05, 4.69) is 13.5 Å². The van der Waals surface area contributed by atoms with E-state index in [9.17, 15) is 5.11 Å². The molecule has 1 N–H and O–H groups in total.